The molecule has 0 bridgehead atoms. The number of aromatic amines is 1. The minimum Gasteiger partial charge on any atom is -0.496 e. The van der Waals surface area contributed by atoms with Gasteiger partial charge in [-0.3, -0.25) is 14.4 Å². The van der Waals surface area contributed by atoms with Crippen molar-refractivity contribution in [2.75, 3.05) is 27.3 Å². The van der Waals surface area contributed by atoms with E-state index < -0.39 is 29.7 Å². The van der Waals surface area contributed by atoms with Gasteiger partial charge in [0, 0.05) is 22.9 Å². The number of benzene rings is 1. The number of aromatic nitrogens is 1. The summed E-state index contributed by atoms with van der Waals surface area (Å²) in [6, 6.07) is 3.90. The molecule has 35 heavy (non-hydrogen) atoms. The molecule has 0 aliphatic carbocycles. The largest absolute Gasteiger partial charge is 0.496 e. The van der Waals surface area contributed by atoms with E-state index in [1.165, 1.54) is 20.6 Å². The van der Waals surface area contributed by atoms with Gasteiger partial charge < -0.3 is 30.4 Å². The van der Waals surface area contributed by atoms with Crippen LogP contribution in [0, 0.1) is 5.92 Å². The Morgan fingerprint density at radius 1 is 1.20 bits per heavy atom. The number of nitrogens with one attached hydrogen (secondary N) is 4. The lowest BCUT2D eigenvalue weighted by atomic mass is 9.91. The number of amides is 3. The van der Waals surface area contributed by atoms with E-state index in [1.54, 1.807) is 18.2 Å². The van der Waals surface area contributed by atoms with Crippen molar-refractivity contribution in [1.82, 2.24) is 20.9 Å². The summed E-state index contributed by atoms with van der Waals surface area (Å²) in [5.41, 5.74) is 0.831. The third-order valence-electron chi connectivity index (χ3n) is 5.28. The van der Waals surface area contributed by atoms with Crippen LogP contribution < -0.4 is 20.7 Å². The van der Waals surface area contributed by atoms with E-state index in [9.17, 15) is 19.2 Å². The van der Waals surface area contributed by atoms with Gasteiger partial charge in [0.1, 0.15) is 17.5 Å². The normalized spacial score (nSPS) is 15.8. The maximum absolute atomic E-state index is 12.5. The first kappa shape index (κ1) is 28.0. The van der Waals surface area contributed by atoms with Gasteiger partial charge >= 0.3 is 5.97 Å². The molecule has 1 fully saturated rings. The van der Waals surface area contributed by atoms with Crippen LogP contribution in [0.1, 0.15) is 50.0 Å². The van der Waals surface area contributed by atoms with Crippen LogP contribution in [0.25, 0.3) is 10.9 Å². The van der Waals surface area contributed by atoms with Gasteiger partial charge in [0.05, 0.1) is 26.3 Å². The summed E-state index contributed by atoms with van der Waals surface area (Å²) in [6.07, 6.45) is 2.80. The summed E-state index contributed by atoms with van der Waals surface area (Å²) in [5.74, 6) is -1.79. The Kier molecular flexibility index (Phi) is 10.8. The van der Waals surface area contributed by atoms with E-state index in [2.05, 4.69) is 34.8 Å². The molecule has 10 nitrogen and oxygen atoms in total. The number of rotatable bonds is 8. The minimum absolute atomic E-state index is 0.126. The molecule has 1 aromatic heterocycles. The van der Waals surface area contributed by atoms with Crippen molar-refractivity contribution >= 4 is 46.2 Å². The Bertz CT molecular complexity index is 1050. The third-order valence-corrected chi connectivity index (χ3v) is 5.50. The third kappa shape index (κ3) is 7.88. The first-order chi connectivity index (χ1) is 16.7. The monoisotopic (exact) mass is 508 g/mol. The van der Waals surface area contributed by atoms with Crippen molar-refractivity contribution in [3.05, 3.63) is 28.9 Å². The molecular formula is C24H33ClN4O6. The maximum atomic E-state index is 12.5. The van der Waals surface area contributed by atoms with Gasteiger partial charge in [0.25, 0.3) is 5.91 Å². The van der Waals surface area contributed by atoms with Gasteiger partial charge in [-0.15, -0.1) is 0 Å². The van der Waals surface area contributed by atoms with Crippen LogP contribution in [-0.2, 0) is 19.1 Å². The fraction of sp³-hybridized carbons (Fsp3) is 0.500. The lowest BCUT2D eigenvalue weighted by Crippen LogP contribution is -2.48. The minimum atomic E-state index is -0.988. The van der Waals surface area contributed by atoms with E-state index in [0.29, 0.717) is 34.6 Å². The standard InChI is InChI=1S/C21H25ClN4O6.C3H8/c1-31-17-8-12(22)7-14-13(17)9-15(25-14)20(29)24-10-18(27)26-16(21(30)32-2)6-11-4-3-5-23-19(11)28;1-3-2/h7-9,11,16,25H,3-6,10H2,1-2H3,(H,23,28)(H,24,29)(H,26,27);3H2,1-2H3/t11-,16?;/m0./s1. The number of piperidine rings is 1. The number of hydrogen-bond acceptors (Lipinski definition) is 6. The quantitative estimate of drug-likeness (QED) is 0.404. The van der Waals surface area contributed by atoms with Crippen LogP contribution >= 0.6 is 11.6 Å². The Labute approximate surface area is 209 Å². The molecule has 1 aliphatic heterocycles. The Morgan fingerprint density at radius 3 is 2.54 bits per heavy atom. The molecule has 1 aliphatic rings. The zero-order valence-electron chi connectivity index (χ0n) is 20.5. The number of ether oxygens (including phenoxy) is 2. The van der Waals surface area contributed by atoms with Crippen molar-refractivity contribution in [1.29, 1.82) is 0 Å². The molecule has 3 amide bonds. The highest BCUT2D eigenvalue weighted by molar-refractivity contribution is 6.31. The van der Waals surface area contributed by atoms with Gasteiger partial charge in [-0.05, 0) is 37.5 Å². The molecule has 2 heterocycles. The molecule has 3 rings (SSSR count). The van der Waals surface area contributed by atoms with Gasteiger partial charge in [0.2, 0.25) is 11.8 Å². The summed E-state index contributed by atoms with van der Waals surface area (Å²) in [5, 5.41) is 8.90. The van der Waals surface area contributed by atoms with Crippen LogP contribution in [0.4, 0.5) is 0 Å². The highest BCUT2D eigenvalue weighted by Gasteiger charge is 2.30. The Hall–Kier alpha value is -3.27. The highest BCUT2D eigenvalue weighted by Crippen LogP contribution is 2.30. The van der Waals surface area contributed by atoms with Crippen molar-refractivity contribution in [3.8, 4) is 5.75 Å². The zero-order valence-corrected chi connectivity index (χ0v) is 21.2. The van der Waals surface area contributed by atoms with Crippen LogP contribution in [0.2, 0.25) is 5.02 Å². The van der Waals surface area contributed by atoms with Crippen molar-refractivity contribution < 1.29 is 28.7 Å². The topological polar surface area (TPSA) is 139 Å². The maximum Gasteiger partial charge on any atom is 0.328 e. The second-order valence-electron chi connectivity index (χ2n) is 8.15. The number of halogens is 1. The Morgan fingerprint density at radius 2 is 1.91 bits per heavy atom. The number of hydrogen-bond donors (Lipinski definition) is 4. The summed E-state index contributed by atoms with van der Waals surface area (Å²) < 4.78 is 10.0. The molecule has 1 aromatic carbocycles. The van der Waals surface area contributed by atoms with Crippen LogP contribution in [0.15, 0.2) is 18.2 Å². The summed E-state index contributed by atoms with van der Waals surface area (Å²) in [4.78, 5) is 51.9. The van der Waals surface area contributed by atoms with Gasteiger partial charge in [0.15, 0.2) is 0 Å². The lowest BCUT2D eigenvalue weighted by molar-refractivity contribution is -0.146. The highest BCUT2D eigenvalue weighted by atomic mass is 35.5. The number of H-pyrrole nitrogens is 1. The molecule has 0 saturated carbocycles. The molecule has 11 heteroatoms. The van der Waals surface area contributed by atoms with E-state index in [-0.39, 0.29) is 24.6 Å². The van der Waals surface area contributed by atoms with E-state index in [1.807, 2.05) is 0 Å². The first-order valence-corrected chi connectivity index (χ1v) is 11.9. The lowest BCUT2D eigenvalue weighted by Gasteiger charge is -2.25. The van der Waals surface area contributed by atoms with Crippen molar-refractivity contribution in [2.45, 2.75) is 45.6 Å². The first-order valence-electron chi connectivity index (χ1n) is 11.5. The van der Waals surface area contributed by atoms with Gasteiger partial charge in [-0.2, -0.15) is 0 Å². The van der Waals surface area contributed by atoms with Crippen LogP contribution in [-0.4, -0.2) is 62.0 Å². The molecule has 1 unspecified atom stereocenters. The predicted molar refractivity (Wildman–Crippen MR) is 132 cm³/mol. The molecule has 0 radical (unpaired) electrons. The Balaban J connectivity index is 0.00000137. The fourth-order valence-electron chi connectivity index (χ4n) is 3.66. The van der Waals surface area contributed by atoms with Crippen molar-refractivity contribution in [3.63, 3.8) is 0 Å². The fourth-order valence-corrected chi connectivity index (χ4v) is 3.87. The van der Waals surface area contributed by atoms with Crippen LogP contribution in [0.3, 0.4) is 0 Å². The second-order valence-corrected chi connectivity index (χ2v) is 8.59. The predicted octanol–water partition coefficient (Wildman–Crippen LogP) is 2.55. The summed E-state index contributed by atoms with van der Waals surface area (Å²) in [6.45, 7) is 4.49. The molecule has 2 aromatic rings. The number of esters is 1. The van der Waals surface area contributed by atoms with Crippen molar-refractivity contribution in [2.24, 2.45) is 5.92 Å². The van der Waals surface area contributed by atoms with Gasteiger partial charge in [-0.25, -0.2) is 4.79 Å². The average Bonchev–Trinajstić information content (AvgIpc) is 3.27. The summed E-state index contributed by atoms with van der Waals surface area (Å²) in [7, 11) is 2.71. The SMILES string of the molecule is CCC.COC(=O)C(C[C@@H]1CCCNC1=O)NC(=O)CNC(=O)c1cc2c(OC)cc(Cl)cc2[nH]1. The molecule has 1 saturated heterocycles. The molecule has 2 atom stereocenters. The smallest absolute Gasteiger partial charge is 0.328 e. The molecular weight excluding hydrogens is 476 g/mol. The average molecular weight is 509 g/mol. The number of fused-ring (bicyclic) bond motifs is 1. The number of carbonyl (C=O) groups excluding carboxylic acids is 4. The molecule has 4 N–H and O–H groups in total. The number of carbonyl (C=O) groups is 4. The second kappa shape index (κ2) is 13.6. The van der Waals surface area contributed by atoms with Crippen LogP contribution in [0.5, 0.6) is 5.75 Å². The summed E-state index contributed by atoms with van der Waals surface area (Å²) >= 11 is 6.04. The zero-order chi connectivity index (χ0) is 26.0. The number of methoxy groups -OCH3 is 2. The van der Waals surface area contributed by atoms with E-state index >= 15 is 0 Å². The van der Waals surface area contributed by atoms with E-state index in [0.717, 1.165) is 6.42 Å². The molecule has 0 spiro atoms. The molecule has 192 valence electrons. The van der Waals surface area contributed by atoms with E-state index in [4.69, 9.17) is 21.1 Å². The van der Waals surface area contributed by atoms with Gasteiger partial charge in [-0.1, -0.05) is 31.9 Å².